The smallest absolute Gasteiger partial charge is 0.347 e. The number of benzene rings is 1. The van der Waals surface area contributed by atoms with Gasteiger partial charge in [-0.1, -0.05) is 18.5 Å². The van der Waals surface area contributed by atoms with Gasteiger partial charge in [0.05, 0.1) is 18.8 Å². The molecular formula is C14H17ClO5. The fourth-order valence-corrected chi connectivity index (χ4v) is 2.02. The van der Waals surface area contributed by atoms with Crippen molar-refractivity contribution in [2.45, 2.75) is 32.2 Å². The molecule has 1 aliphatic rings. The Morgan fingerprint density at radius 1 is 1.50 bits per heavy atom. The van der Waals surface area contributed by atoms with Gasteiger partial charge < -0.3 is 19.3 Å². The molecule has 110 valence electrons. The molecule has 0 aliphatic carbocycles. The predicted molar refractivity (Wildman–Crippen MR) is 73.1 cm³/mol. The van der Waals surface area contributed by atoms with Gasteiger partial charge >= 0.3 is 5.97 Å². The molecule has 0 amide bonds. The summed E-state index contributed by atoms with van der Waals surface area (Å²) in [6.07, 6.45) is -0.241. The van der Waals surface area contributed by atoms with E-state index in [2.05, 4.69) is 0 Å². The molecule has 0 saturated carbocycles. The summed E-state index contributed by atoms with van der Waals surface area (Å²) in [6.45, 7) is 4.26. The maximum atomic E-state index is 11.3. The standard InChI is InChI=1S/C14H17ClO5/c1-3-14(2,13(16)17)20-11-5-4-9(15)8-10(11)12-18-6-7-19-12/h4-5,8,12H,3,6-7H2,1-2H3,(H,16,17). The third-order valence-electron chi connectivity index (χ3n) is 3.31. The van der Waals surface area contributed by atoms with Gasteiger partial charge in [0.1, 0.15) is 5.75 Å². The largest absolute Gasteiger partial charge is 0.478 e. The Morgan fingerprint density at radius 2 is 2.15 bits per heavy atom. The SMILES string of the molecule is CCC(C)(Oc1ccc(Cl)cc1C1OCCO1)C(=O)O. The van der Waals surface area contributed by atoms with Gasteiger partial charge in [0.15, 0.2) is 6.29 Å². The van der Waals surface area contributed by atoms with E-state index in [1.165, 1.54) is 6.92 Å². The fourth-order valence-electron chi connectivity index (χ4n) is 1.84. The third kappa shape index (κ3) is 3.06. The van der Waals surface area contributed by atoms with E-state index >= 15 is 0 Å². The topological polar surface area (TPSA) is 65.0 Å². The highest BCUT2D eigenvalue weighted by Crippen LogP contribution is 2.35. The van der Waals surface area contributed by atoms with E-state index in [1.54, 1.807) is 25.1 Å². The predicted octanol–water partition coefficient (Wildman–Crippen LogP) is 3.02. The van der Waals surface area contributed by atoms with Crippen molar-refractivity contribution in [1.82, 2.24) is 0 Å². The Labute approximate surface area is 122 Å². The monoisotopic (exact) mass is 300 g/mol. The molecule has 1 unspecified atom stereocenters. The minimum Gasteiger partial charge on any atom is -0.478 e. The zero-order valence-electron chi connectivity index (χ0n) is 11.4. The van der Waals surface area contributed by atoms with E-state index < -0.39 is 17.9 Å². The lowest BCUT2D eigenvalue weighted by atomic mass is 10.0. The number of carboxylic acid groups (broad SMARTS) is 1. The van der Waals surface area contributed by atoms with Crippen LogP contribution in [0.4, 0.5) is 0 Å². The first-order valence-corrected chi connectivity index (χ1v) is 6.79. The van der Waals surface area contributed by atoms with Crippen molar-refractivity contribution in [2.24, 2.45) is 0 Å². The lowest BCUT2D eigenvalue weighted by molar-refractivity contribution is -0.154. The van der Waals surface area contributed by atoms with Gasteiger partial charge in [-0.2, -0.15) is 0 Å². The molecule has 1 atom stereocenters. The van der Waals surface area contributed by atoms with Crippen molar-refractivity contribution < 1.29 is 24.1 Å². The number of halogens is 1. The van der Waals surface area contributed by atoms with Crippen molar-refractivity contribution >= 4 is 17.6 Å². The Hall–Kier alpha value is -1.30. The number of hydrogen-bond donors (Lipinski definition) is 1. The van der Waals surface area contributed by atoms with Gasteiger partial charge in [0.2, 0.25) is 5.60 Å². The van der Waals surface area contributed by atoms with Crippen LogP contribution in [-0.2, 0) is 14.3 Å². The van der Waals surface area contributed by atoms with Crippen LogP contribution in [0.2, 0.25) is 5.02 Å². The molecule has 1 N–H and O–H groups in total. The lowest BCUT2D eigenvalue weighted by Crippen LogP contribution is -2.41. The number of hydrogen-bond acceptors (Lipinski definition) is 4. The van der Waals surface area contributed by atoms with E-state index in [0.717, 1.165) is 0 Å². The molecule has 1 aromatic rings. The van der Waals surface area contributed by atoms with Crippen LogP contribution in [0.3, 0.4) is 0 Å². The highest BCUT2D eigenvalue weighted by Gasteiger charge is 2.35. The zero-order valence-corrected chi connectivity index (χ0v) is 12.1. The average molecular weight is 301 g/mol. The molecule has 1 aromatic carbocycles. The molecule has 1 heterocycles. The number of rotatable bonds is 5. The summed E-state index contributed by atoms with van der Waals surface area (Å²) in [5.74, 6) is -0.609. The Bertz CT molecular complexity index is 498. The number of aliphatic carboxylic acids is 1. The summed E-state index contributed by atoms with van der Waals surface area (Å²) in [6, 6.07) is 4.96. The average Bonchev–Trinajstić information content (AvgIpc) is 2.94. The van der Waals surface area contributed by atoms with Crippen LogP contribution in [0, 0.1) is 0 Å². The van der Waals surface area contributed by atoms with Crippen LogP contribution >= 0.6 is 11.6 Å². The van der Waals surface area contributed by atoms with E-state index in [-0.39, 0.29) is 0 Å². The van der Waals surface area contributed by atoms with Crippen molar-refractivity contribution in [1.29, 1.82) is 0 Å². The fraction of sp³-hybridized carbons (Fsp3) is 0.500. The second-order valence-corrected chi connectivity index (χ2v) is 5.18. The highest BCUT2D eigenvalue weighted by molar-refractivity contribution is 6.30. The quantitative estimate of drug-likeness (QED) is 0.905. The van der Waals surface area contributed by atoms with Gasteiger partial charge in [-0.3, -0.25) is 0 Å². The zero-order chi connectivity index (χ0) is 14.8. The third-order valence-corrected chi connectivity index (χ3v) is 3.54. The van der Waals surface area contributed by atoms with Crippen LogP contribution in [0.1, 0.15) is 32.1 Å². The van der Waals surface area contributed by atoms with Gasteiger partial charge in [-0.05, 0) is 31.5 Å². The molecule has 0 spiro atoms. The summed E-state index contributed by atoms with van der Waals surface area (Å²) in [7, 11) is 0. The summed E-state index contributed by atoms with van der Waals surface area (Å²) in [5.41, 5.74) is -0.697. The van der Waals surface area contributed by atoms with Crippen molar-refractivity contribution in [3.8, 4) is 5.75 Å². The maximum absolute atomic E-state index is 11.3. The molecule has 5 nitrogen and oxygen atoms in total. The van der Waals surface area contributed by atoms with Gasteiger partial charge in [-0.15, -0.1) is 0 Å². The molecule has 1 saturated heterocycles. The number of carboxylic acids is 1. The summed E-state index contributed by atoms with van der Waals surface area (Å²) < 4.78 is 16.6. The summed E-state index contributed by atoms with van der Waals surface area (Å²) in [4.78, 5) is 11.3. The molecule has 6 heteroatoms. The normalized spacial score (nSPS) is 18.8. The molecule has 2 rings (SSSR count). The summed E-state index contributed by atoms with van der Waals surface area (Å²) >= 11 is 5.98. The van der Waals surface area contributed by atoms with Gasteiger partial charge in [-0.25, -0.2) is 4.79 Å². The Balaban J connectivity index is 2.33. The molecule has 0 bridgehead atoms. The Morgan fingerprint density at radius 3 is 2.70 bits per heavy atom. The first kappa shape index (κ1) is 15.1. The number of carbonyl (C=O) groups is 1. The second-order valence-electron chi connectivity index (χ2n) is 4.75. The molecule has 1 aliphatic heterocycles. The second kappa shape index (κ2) is 5.99. The first-order chi connectivity index (χ1) is 9.46. The molecule has 1 fully saturated rings. The first-order valence-electron chi connectivity index (χ1n) is 6.41. The van der Waals surface area contributed by atoms with Gasteiger partial charge in [0.25, 0.3) is 0 Å². The van der Waals surface area contributed by atoms with Gasteiger partial charge in [0, 0.05) is 5.02 Å². The maximum Gasteiger partial charge on any atom is 0.347 e. The molecular weight excluding hydrogens is 284 g/mol. The Kier molecular flexibility index (Phi) is 4.52. The molecule has 20 heavy (non-hydrogen) atoms. The lowest BCUT2D eigenvalue weighted by Gasteiger charge is -2.27. The van der Waals surface area contributed by atoms with Crippen LogP contribution in [0.25, 0.3) is 0 Å². The van der Waals surface area contributed by atoms with Crippen LogP contribution in [-0.4, -0.2) is 29.9 Å². The minimum absolute atomic E-state index is 0.330. The molecule has 0 radical (unpaired) electrons. The van der Waals surface area contributed by atoms with Crippen molar-refractivity contribution in [3.63, 3.8) is 0 Å². The van der Waals surface area contributed by atoms with Crippen LogP contribution in [0.5, 0.6) is 5.75 Å². The van der Waals surface area contributed by atoms with E-state index in [0.29, 0.717) is 36.0 Å². The van der Waals surface area contributed by atoms with Crippen molar-refractivity contribution in [2.75, 3.05) is 13.2 Å². The minimum atomic E-state index is -1.30. The van der Waals surface area contributed by atoms with Crippen molar-refractivity contribution in [3.05, 3.63) is 28.8 Å². The van der Waals surface area contributed by atoms with Crippen LogP contribution < -0.4 is 4.74 Å². The highest BCUT2D eigenvalue weighted by atomic mass is 35.5. The molecule has 0 aromatic heterocycles. The van der Waals surface area contributed by atoms with E-state index in [1.807, 2.05) is 0 Å². The number of ether oxygens (including phenoxy) is 3. The van der Waals surface area contributed by atoms with E-state index in [4.69, 9.17) is 25.8 Å². The van der Waals surface area contributed by atoms with E-state index in [9.17, 15) is 9.90 Å². The van der Waals surface area contributed by atoms with Crippen LogP contribution in [0.15, 0.2) is 18.2 Å². The summed E-state index contributed by atoms with van der Waals surface area (Å²) in [5, 5.41) is 9.80.